The molecule has 0 aliphatic carbocycles. The van der Waals surface area contributed by atoms with Crippen LogP contribution < -0.4 is 15.8 Å². The van der Waals surface area contributed by atoms with Gasteiger partial charge in [-0.05, 0) is 53.3 Å². The monoisotopic (exact) mass is 410 g/mol. The number of hydrogen-bond donors (Lipinski definition) is 3. The van der Waals surface area contributed by atoms with Crippen LogP contribution in [0.25, 0.3) is 0 Å². The van der Waals surface area contributed by atoms with Crippen LogP contribution in [0.15, 0.2) is 42.5 Å². The fourth-order valence-electron chi connectivity index (χ4n) is 2.89. The maximum atomic E-state index is 12.6. The lowest BCUT2D eigenvalue weighted by Crippen LogP contribution is -2.23. The minimum atomic E-state index is -0.475. The Bertz CT molecular complexity index is 928. The number of anilines is 1. The quantitative estimate of drug-likeness (QED) is 0.293. The van der Waals surface area contributed by atoms with Gasteiger partial charge in [0.05, 0.1) is 12.0 Å². The van der Waals surface area contributed by atoms with Crippen molar-refractivity contribution in [2.24, 2.45) is 11.1 Å². The highest BCUT2D eigenvalue weighted by molar-refractivity contribution is 5.93. The lowest BCUT2D eigenvalue weighted by Gasteiger charge is -2.21. The molecular weight excluding hydrogens is 380 g/mol. The second kappa shape index (κ2) is 9.43. The predicted molar refractivity (Wildman–Crippen MR) is 119 cm³/mol. The molecule has 0 atom stereocenters. The van der Waals surface area contributed by atoms with E-state index in [9.17, 15) is 9.59 Å². The highest BCUT2D eigenvalue weighted by Crippen LogP contribution is 2.29. The Morgan fingerprint density at radius 3 is 2.27 bits per heavy atom. The van der Waals surface area contributed by atoms with E-state index < -0.39 is 5.97 Å². The third-order valence-electron chi connectivity index (χ3n) is 4.30. The molecule has 7 heteroatoms. The maximum Gasteiger partial charge on any atom is 0.343 e. The van der Waals surface area contributed by atoms with Crippen molar-refractivity contribution in [1.82, 2.24) is 4.90 Å². The molecule has 2 aromatic rings. The van der Waals surface area contributed by atoms with E-state index in [1.54, 1.807) is 49.3 Å². The first-order chi connectivity index (χ1) is 13.9. The molecular formula is C23H30N4O3. The molecule has 7 nitrogen and oxygen atoms in total. The molecule has 2 aromatic carbocycles. The van der Waals surface area contributed by atoms with E-state index in [-0.39, 0.29) is 17.3 Å². The summed E-state index contributed by atoms with van der Waals surface area (Å²) >= 11 is 0. The van der Waals surface area contributed by atoms with Crippen LogP contribution in [0, 0.1) is 10.8 Å². The fourth-order valence-corrected chi connectivity index (χ4v) is 2.89. The lowest BCUT2D eigenvalue weighted by atomic mass is 9.87. The molecule has 1 amide bonds. The van der Waals surface area contributed by atoms with Crippen LogP contribution in [-0.2, 0) is 17.6 Å². The molecule has 2 rings (SSSR count). The molecule has 0 aromatic heterocycles. The van der Waals surface area contributed by atoms with Crippen LogP contribution >= 0.6 is 0 Å². The summed E-state index contributed by atoms with van der Waals surface area (Å²) in [4.78, 5) is 26.3. The average molecular weight is 411 g/mol. The van der Waals surface area contributed by atoms with E-state index in [2.05, 4.69) is 26.1 Å². The Kier molecular flexibility index (Phi) is 7.21. The Morgan fingerprint density at radius 1 is 1.10 bits per heavy atom. The molecule has 0 heterocycles. The standard InChI is InChI=1S/C23H30N4O3/c1-23(2,3)14-17-12-15(13-20(28)27(4)5)6-11-19(17)30-21(29)16-7-9-18(10-8-16)26-22(24)25/h6-12H,13-14H2,1-5H3,(H4,24,25,26). The Labute approximate surface area is 177 Å². The smallest absolute Gasteiger partial charge is 0.343 e. The zero-order valence-corrected chi connectivity index (χ0v) is 18.2. The topological polar surface area (TPSA) is 109 Å². The molecule has 0 saturated heterocycles. The highest BCUT2D eigenvalue weighted by atomic mass is 16.5. The summed E-state index contributed by atoms with van der Waals surface area (Å²) in [6, 6.07) is 12.0. The number of esters is 1. The molecule has 0 fully saturated rings. The van der Waals surface area contributed by atoms with Gasteiger partial charge in [0.25, 0.3) is 0 Å². The zero-order valence-electron chi connectivity index (χ0n) is 18.2. The van der Waals surface area contributed by atoms with Crippen molar-refractivity contribution in [2.45, 2.75) is 33.6 Å². The summed E-state index contributed by atoms with van der Waals surface area (Å²) in [6.07, 6.45) is 0.990. The minimum absolute atomic E-state index is 0.0145. The molecule has 30 heavy (non-hydrogen) atoms. The highest BCUT2D eigenvalue weighted by Gasteiger charge is 2.19. The number of nitrogens with one attached hydrogen (secondary N) is 2. The number of rotatable bonds is 6. The summed E-state index contributed by atoms with van der Waals surface area (Å²) in [6.45, 7) is 6.32. The van der Waals surface area contributed by atoms with E-state index >= 15 is 0 Å². The molecule has 0 bridgehead atoms. The van der Waals surface area contributed by atoms with Gasteiger partial charge in [0, 0.05) is 19.8 Å². The molecule has 0 radical (unpaired) electrons. The normalized spacial score (nSPS) is 11.0. The van der Waals surface area contributed by atoms with E-state index in [0.717, 1.165) is 11.1 Å². The number of likely N-dealkylation sites (N-methyl/N-ethyl adjacent to an activating group) is 1. The van der Waals surface area contributed by atoms with Gasteiger partial charge in [0.1, 0.15) is 5.75 Å². The number of amides is 1. The average Bonchev–Trinajstić information content (AvgIpc) is 2.62. The molecule has 0 aliphatic rings. The second-order valence-electron chi connectivity index (χ2n) is 8.65. The maximum absolute atomic E-state index is 12.6. The first kappa shape index (κ1) is 22.9. The number of guanidine groups is 1. The Hall–Kier alpha value is -3.35. The number of hydrogen-bond acceptors (Lipinski definition) is 4. The van der Waals surface area contributed by atoms with Gasteiger partial charge in [-0.3, -0.25) is 10.2 Å². The number of carbonyl (C=O) groups is 2. The summed E-state index contributed by atoms with van der Waals surface area (Å²) in [5.74, 6) is -0.149. The van der Waals surface area contributed by atoms with Gasteiger partial charge in [-0.15, -0.1) is 0 Å². The molecule has 160 valence electrons. The summed E-state index contributed by atoms with van der Waals surface area (Å²) in [5.41, 5.74) is 8.05. The third kappa shape index (κ3) is 6.92. The second-order valence-corrected chi connectivity index (χ2v) is 8.65. The first-order valence-electron chi connectivity index (χ1n) is 9.70. The van der Waals surface area contributed by atoms with E-state index in [1.165, 1.54) is 0 Å². The molecule has 0 aliphatic heterocycles. The number of nitrogens with zero attached hydrogens (tertiary/aromatic N) is 1. The van der Waals surface area contributed by atoms with Gasteiger partial charge >= 0.3 is 5.97 Å². The van der Waals surface area contributed by atoms with Crippen LogP contribution in [0.2, 0.25) is 0 Å². The first-order valence-corrected chi connectivity index (χ1v) is 9.70. The van der Waals surface area contributed by atoms with Crippen LogP contribution in [0.3, 0.4) is 0 Å². The zero-order chi connectivity index (χ0) is 22.5. The van der Waals surface area contributed by atoms with Crippen molar-refractivity contribution in [1.29, 1.82) is 5.41 Å². The van der Waals surface area contributed by atoms with Crippen molar-refractivity contribution in [2.75, 3.05) is 19.4 Å². The van der Waals surface area contributed by atoms with Gasteiger partial charge in [-0.25, -0.2) is 4.79 Å². The molecule has 0 unspecified atom stereocenters. The van der Waals surface area contributed by atoms with Gasteiger partial charge in [-0.1, -0.05) is 32.9 Å². The largest absolute Gasteiger partial charge is 0.423 e. The predicted octanol–water partition coefficient (Wildman–Crippen LogP) is 3.43. The van der Waals surface area contributed by atoms with Gasteiger partial charge in [0.2, 0.25) is 5.91 Å². The number of carbonyl (C=O) groups excluding carboxylic acids is 2. The fraction of sp³-hybridized carbons (Fsp3) is 0.348. The van der Waals surface area contributed by atoms with E-state index in [0.29, 0.717) is 29.8 Å². The van der Waals surface area contributed by atoms with Crippen molar-refractivity contribution < 1.29 is 14.3 Å². The van der Waals surface area contributed by atoms with Crippen molar-refractivity contribution >= 4 is 23.5 Å². The Morgan fingerprint density at radius 2 is 1.73 bits per heavy atom. The van der Waals surface area contributed by atoms with Crippen molar-refractivity contribution in [3.63, 3.8) is 0 Å². The van der Waals surface area contributed by atoms with E-state index in [1.807, 2.05) is 12.1 Å². The minimum Gasteiger partial charge on any atom is -0.423 e. The van der Waals surface area contributed by atoms with Crippen LogP contribution in [0.5, 0.6) is 5.75 Å². The summed E-state index contributed by atoms with van der Waals surface area (Å²) in [5, 5.41) is 9.91. The van der Waals surface area contributed by atoms with Crippen LogP contribution in [0.4, 0.5) is 5.69 Å². The van der Waals surface area contributed by atoms with Gasteiger partial charge in [0.15, 0.2) is 5.96 Å². The SMILES string of the molecule is CN(C)C(=O)Cc1ccc(OC(=O)c2ccc(NC(=N)N)cc2)c(CC(C)(C)C)c1. The third-order valence-corrected chi connectivity index (χ3v) is 4.30. The number of nitrogens with two attached hydrogens (primary N) is 1. The molecule has 0 saturated carbocycles. The number of benzene rings is 2. The van der Waals surface area contributed by atoms with Crippen molar-refractivity contribution in [3.8, 4) is 5.75 Å². The van der Waals surface area contributed by atoms with Gasteiger partial charge in [-0.2, -0.15) is 0 Å². The molecule has 4 N–H and O–H groups in total. The Balaban J connectivity index is 2.24. The van der Waals surface area contributed by atoms with Gasteiger partial charge < -0.3 is 20.7 Å². The van der Waals surface area contributed by atoms with Crippen LogP contribution in [-0.4, -0.2) is 36.8 Å². The van der Waals surface area contributed by atoms with Crippen molar-refractivity contribution in [3.05, 3.63) is 59.2 Å². The lowest BCUT2D eigenvalue weighted by molar-refractivity contribution is -0.127. The number of ether oxygens (including phenoxy) is 1. The molecule has 0 spiro atoms. The summed E-state index contributed by atoms with van der Waals surface area (Å²) in [7, 11) is 3.46. The summed E-state index contributed by atoms with van der Waals surface area (Å²) < 4.78 is 5.68. The van der Waals surface area contributed by atoms with E-state index in [4.69, 9.17) is 15.9 Å². The van der Waals surface area contributed by atoms with Crippen LogP contribution in [0.1, 0.15) is 42.3 Å².